The van der Waals surface area contributed by atoms with Gasteiger partial charge in [-0.25, -0.2) is 0 Å². The highest BCUT2D eigenvalue weighted by molar-refractivity contribution is 5.11. The summed E-state index contributed by atoms with van der Waals surface area (Å²) in [5, 5.41) is 8.23. The molecule has 2 rings (SSSR count). The summed E-state index contributed by atoms with van der Waals surface area (Å²) in [6.45, 7) is 7.85. The van der Waals surface area contributed by atoms with Gasteiger partial charge in [-0.15, -0.1) is 0 Å². The van der Waals surface area contributed by atoms with Crippen molar-refractivity contribution in [1.82, 2.24) is 15.1 Å². The standard InChI is InChI=1S/C17H31N3/c1-5-16-11-17(20(4)19-16)10-14-8-6-7-9-15(14)12-18-13(2)3/h11,13-15,18H,5-10,12H2,1-4H3. The van der Waals surface area contributed by atoms with Gasteiger partial charge in [-0.1, -0.05) is 33.6 Å². The lowest BCUT2D eigenvalue weighted by Gasteiger charge is -2.32. The van der Waals surface area contributed by atoms with Crippen molar-refractivity contribution in [1.29, 1.82) is 0 Å². The van der Waals surface area contributed by atoms with E-state index >= 15 is 0 Å². The molecule has 1 saturated carbocycles. The van der Waals surface area contributed by atoms with Gasteiger partial charge in [0.05, 0.1) is 5.69 Å². The third-order valence-corrected chi connectivity index (χ3v) is 4.72. The van der Waals surface area contributed by atoms with E-state index in [-0.39, 0.29) is 0 Å². The summed E-state index contributed by atoms with van der Waals surface area (Å²) in [5.41, 5.74) is 2.65. The molecule has 1 aromatic rings. The molecule has 0 amide bonds. The van der Waals surface area contributed by atoms with E-state index in [1.807, 2.05) is 0 Å². The fourth-order valence-electron chi connectivity index (χ4n) is 3.41. The lowest BCUT2D eigenvalue weighted by molar-refractivity contribution is 0.222. The zero-order valence-electron chi connectivity index (χ0n) is 13.7. The summed E-state index contributed by atoms with van der Waals surface area (Å²) in [7, 11) is 2.10. The normalized spacial score (nSPS) is 23.4. The summed E-state index contributed by atoms with van der Waals surface area (Å²) in [6, 6.07) is 2.91. The molecule has 0 bridgehead atoms. The maximum atomic E-state index is 4.59. The molecule has 0 aliphatic heterocycles. The van der Waals surface area contributed by atoms with Crippen LogP contribution in [0.1, 0.15) is 57.8 Å². The maximum Gasteiger partial charge on any atom is 0.0624 e. The zero-order chi connectivity index (χ0) is 14.5. The van der Waals surface area contributed by atoms with Gasteiger partial charge in [0, 0.05) is 18.8 Å². The molecule has 1 heterocycles. The molecule has 1 aliphatic carbocycles. The highest BCUT2D eigenvalue weighted by Gasteiger charge is 2.26. The van der Waals surface area contributed by atoms with Gasteiger partial charge >= 0.3 is 0 Å². The van der Waals surface area contributed by atoms with E-state index in [4.69, 9.17) is 0 Å². The Morgan fingerprint density at radius 2 is 2.00 bits per heavy atom. The van der Waals surface area contributed by atoms with Crippen LogP contribution in [0.5, 0.6) is 0 Å². The Balaban J connectivity index is 1.98. The second-order valence-electron chi connectivity index (χ2n) is 6.68. The maximum absolute atomic E-state index is 4.59. The van der Waals surface area contributed by atoms with Crippen LogP contribution in [0.3, 0.4) is 0 Å². The Morgan fingerprint density at radius 3 is 2.60 bits per heavy atom. The van der Waals surface area contributed by atoms with Crippen LogP contribution >= 0.6 is 0 Å². The summed E-state index contributed by atoms with van der Waals surface area (Å²) in [5.74, 6) is 1.67. The minimum atomic E-state index is 0.598. The molecular formula is C17H31N3. The second-order valence-corrected chi connectivity index (χ2v) is 6.68. The Morgan fingerprint density at radius 1 is 1.30 bits per heavy atom. The first kappa shape index (κ1) is 15.6. The van der Waals surface area contributed by atoms with Gasteiger partial charge in [0.25, 0.3) is 0 Å². The van der Waals surface area contributed by atoms with E-state index in [0.29, 0.717) is 6.04 Å². The van der Waals surface area contributed by atoms with E-state index in [1.165, 1.54) is 50.0 Å². The SMILES string of the molecule is CCc1cc(CC2CCCCC2CNC(C)C)n(C)n1. The molecule has 3 heteroatoms. The number of nitrogens with one attached hydrogen (secondary N) is 1. The van der Waals surface area contributed by atoms with Crippen molar-refractivity contribution >= 4 is 0 Å². The van der Waals surface area contributed by atoms with Gasteiger partial charge in [-0.3, -0.25) is 4.68 Å². The predicted molar refractivity (Wildman–Crippen MR) is 84.9 cm³/mol. The van der Waals surface area contributed by atoms with Gasteiger partial charge < -0.3 is 5.32 Å². The van der Waals surface area contributed by atoms with Crippen LogP contribution in [-0.4, -0.2) is 22.4 Å². The summed E-state index contributed by atoms with van der Waals surface area (Å²) in [4.78, 5) is 0. The van der Waals surface area contributed by atoms with Crippen LogP contribution in [0.2, 0.25) is 0 Å². The van der Waals surface area contributed by atoms with Crippen molar-refractivity contribution in [2.24, 2.45) is 18.9 Å². The molecule has 0 radical (unpaired) electrons. The van der Waals surface area contributed by atoms with Crippen molar-refractivity contribution in [2.75, 3.05) is 6.54 Å². The molecule has 0 spiro atoms. The monoisotopic (exact) mass is 277 g/mol. The van der Waals surface area contributed by atoms with E-state index in [1.54, 1.807) is 0 Å². The molecule has 1 aromatic heterocycles. The highest BCUT2D eigenvalue weighted by atomic mass is 15.3. The van der Waals surface area contributed by atoms with Crippen LogP contribution in [0.15, 0.2) is 6.07 Å². The molecule has 2 atom stereocenters. The average molecular weight is 277 g/mol. The van der Waals surface area contributed by atoms with Crippen molar-refractivity contribution in [2.45, 2.75) is 65.3 Å². The van der Waals surface area contributed by atoms with E-state index in [0.717, 1.165) is 18.3 Å². The van der Waals surface area contributed by atoms with Crippen LogP contribution in [-0.2, 0) is 19.9 Å². The number of aryl methyl sites for hydroxylation is 2. The topological polar surface area (TPSA) is 29.9 Å². The molecule has 1 N–H and O–H groups in total. The molecule has 2 unspecified atom stereocenters. The van der Waals surface area contributed by atoms with Crippen molar-refractivity contribution in [3.8, 4) is 0 Å². The minimum Gasteiger partial charge on any atom is -0.314 e. The molecule has 1 aliphatic rings. The van der Waals surface area contributed by atoms with Gasteiger partial charge in [-0.2, -0.15) is 5.10 Å². The molecule has 20 heavy (non-hydrogen) atoms. The lowest BCUT2D eigenvalue weighted by Crippen LogP contribution is -2.35. The second kappa shape index (κ2) is 7.26. The highest BCUT2D eigenvalue weighted by Crippen LogP contribution is 2.32. The Labute approximate surface area is 124 Å². The van der Waals surface area contributed by atoms with Crippen molar-refractivity contribution < 1.29 is 0 Å². The molecule has 0 aromatic carbocycles. The smallest absolute Gasteiger partial charge is 0.0624 e. The number of aromatic nitrogens is 2. The number of rotatable bonds is 6. The molecule has 0 saturated heterocycles. The summed E-state index contributed by atoms with van der Waals surface area (Å²) in [6.07, 6.45) is 7.83. The van der Waals surface area contributed by atoms with E-state index in [2.05, 4.69) is 49.0 Å². The summed E-state index contributed by atoms with van der Waals surface area (Å²) >= 11 is 0. The first-order chi connectivity index (χ1) is 9.60. The molecule has 114 valence electrons. The van der Waals surface area contributed by atoms with Gasteiger partial charge in [0.15, 0.2) is 0 Å². The van der Waals surface area contributed by atoms with Gasteiger partial charge in [0.1, 0.15) is 0 Å². The zero-order valence-corrected chi connectivity index (χ0v) is 13.7. The van der Waals surface area contributed by atoms with Crippen LogP contribution in [0.4, 0.5) is 0 Å². The first-order valence-electron chi connectivity index (χ1n) is 8.35. The third kappa shape index (κ3) is 4.08. The lowest BCUT2D eigenvalue weighted by atomic mass is 9.76. The minimum absolute atomic E-state index is 0.598. The van der Waals surface area contributed by atoms with Crippen LogP contribution in [0.25, 0.3) is 0 Å². The Kier molecular flexibility index (Phi) is 5.64. The van der Waals surface area contributed by atoms with E-state index in [9.17, 15) is 0 Å². The molecule has 3 nitrogen and oxygen atoms in total. The van der Waals surface area contributed by atoms with Crippen molar-refractivity contribution in [3.05, 3.63) is 17.5 Å². The fraction of sp³-hybridized carbons (Fsp3) is 0.824. The Hall–Kier alpha value is -0.830. The van der Waals surface area contributed by atoms with Crippen LogP contribution < -0.4 is 5.32 Å². The van der Waals surface area contributed by atoms with Gasteiger partial charge in [-0.05, 0) is 50.1 Å². The number of hydrogen-bond donors (Lipinski definition) is 1. The van der Waals surface area contributed by atoms with Crippen LogP contribution in [0, 0.1) is 11.8 Å². The van der Waals surface area contributed by atoms with Crippen molar-refractivity contribution in [3.63, 3.8) is 0 Å². The fourth-order valence-corrected chi connectivity index (χ4v) is 3.41. The predicted octanol–water partition coefficient (Wildman–Crippen LogP) is 3.33. The van der Waals surface area contributed by atoms with E-state index < -0.39 is 0 Å². The number of nitrogens with zero attached hydrogens (tertiary/aromatic N) is 2. The van der Waals surface area contributed by atoms with Gasteiger partial charge in [0.2, 0.25) is 0 Å². The quantitative estimate of drug-likeness (QED) is 0.864. The third-order valence-electron chi connectivity index (χ3n) is 4.72. The first-order valence-corrected chi connectivity index (χ1v) is 8.35. The average Bonchev–Trinajstić information content (AvgIpc) is 2.78. The molecule has 1 fully saturated rings. The molecular weight excluding hydrogens is 246 g/mol. The summed E-state index contributed by atoms with van der Waals surface area (Å²) < 4.78 is 2.10. The Bertz CT molecular complexity index is 408. The number of hydrogen-bond acceptors (Lipinski definition) is 2. The largest absolute Gasteiger partial charge is 0.314 e.